The van der Waals surface area contributed by atoms with Crippen molar-refractivity contribution in [1.29, 1.82) is 0 Å². The second kappa shape index (κ2) is 5.61. The van der Waals surface area contributed by atoms with E-state index >= 15 is 0 Å². The summed E-state index contributed by atoms with van der Waals surface area (Å²) in [5.74, 6) is -0.329. The Hall–Kier alpha value is -1.91. The molecule has 0 saturated carbocycles. The summed E-state index contributed by atoms with van der Waals surface area (Å²) in [4.78, 5) is 11.6. The summed E-state index contributed by atoms with van der Waals surface area (Å²) in [6.45, 7) is 5.77. The van der Waals surface area contributed by atoms with Crippen molar-refractivity contribution in [1.82, 2.24) is 5.43 Å². The molecule has 1 aliphatic rings. The molecule has 2 N–H and O–H groups in total. The molecule has 1 aromatic carbocycles. The summed E-state index contributed by atoms with van der Waals surface area (Å²) >= 11 is 0. The van der Waals surface area contributed by atoms with Crippen molar-refractivity contribution in [3.63, 3.8) is 0 Å². The van der Waals surface area contributed by atoms with Crippen LogP contribution in [0.2, 0.25) is 0 Å². The van der Waals surface area contributed by atoms with Crippen LogP contribution < -0.4 is 5.43 Å². The molecule has 0 aliphatic heterocycles. The van der Waals surface area contributed by atoms with Crippen molar-refractivity contribution in [2.75, 3.05) is 0 Å². The van der Waals surface area contributed by atoms with Gasteiger partial charge in [0.25, 0.3) is 0 Å². The lowest BCUT2D eigenvalue weighted by Gasteiger charge is -2.07. The highest BCUT2D eigenvalue weighted by Gasteiger charge is 2.30. The van der Waals surface area contributed by atoms with Crippen molar-refractivity contribution in [3.8, 4) is 5.75 Å². The molecular formula is C15H19FN2O2. The van der Waals surface area contributed by atoms with Gasteiger partial charge in [0.05, 0.1) is 5.71 Å². The minimum atomic E-state index is -0.344. The highest BCUT2D eigenvalue weighted by Crippen LogP contribution is 2.39. The number of nitrogens with one attached hydrogen (secondary N) is 1. The molecule has 108 valence electrons. The topological polar surface area (TPSA) is 61.7 Å². The molecule has 0 unspecified atom stereocenters. The molecule has 0 bridgehead atoms. The van der Waals surface area contributed by atoms with Crippen LogP contribution in [0.4, 0.5) is 4.39 Å². The van der Waals surface area contributed by atoms with Crippen molar-refractivity contribution < 1.29 is 14.3 Å². The average Bonchev–Trinajstić information content (AvgIpc) is 2.69. The molecular weight excluding hydrogens is 259 g/mol. The van der Waals surface area contributed by atoms with Crippen LogP contribution in [0.15, 0.2) is 17.2 Å². The van der Waals surface area contributed by atoms with Crippen molar-refractivity contribution in [2.24, 2.45) is 11.0 Å². The number of hydrazone groups is 1. The maximum atomic E-state index is 13.8. The van der Waals surface area contributed by atoms with Gasteiger partial charge in [-0.2, -0.15) is 5.10 Å². The Labute approximate surface area is 117 Å². The number of rotatable bonds is 3. The number of amides is 1. The van der Waals surface area contributed by atoms with E-state index in [-0.39, 0.29) is 29.3 Å². The third-order valence-electron chi connectivity index (χ3n) is 3.36. The second-order valence-electron chi connectivity index (χ2n) is 5.65. The molecule has 4 nitrogen and oxygen atoms in total. The predicted octanol–water partition coefficient (Wildman–Crippen LogP) is 2.90. The van der Waals surface area contributed by atoms with E-state index in [0.29, 0.717) is 29.7 Å². The molecule has 1 aliphatic carbocycles. The van der Waals surface area contributed by atoms with Crippen LogP contribution in [-0.4, -0.2) is 16.7 Å². The molecule has 0 fully saturated rings. The van der Waals surface area contributed by atoms with E-state index in [9.17, 15) is 14.3 Å². The largest absolute Gasteiger partial charge is 0.507 e. The number of aromatic hydroxyl groups is 1. The number of phenolic OH excluding ortho intramolecular Hbond substituents is 1. The van der Waals surface area contributed by atoms with Crippen LogP contribution in [0.25, 0.3) is 0 Å². The number of fused-ring (bicyclic) bond motifs is 1. The Morgan fingerprint density at radius 1 is 1.55 bits per heavy atom. The maximum Gasteiger partial charge on any atom is 0.240 e. The third-order valence-corrected chi connectivity index (χ3v) is 3.36. The van der Waals surface area contributed by atoms with Gasteiger partial charge in [0.15, 0.2) is 0 Å². The first-order chi connectivity index (χ1) is 9.40. The molecule has 1 amide bonds. The Balaban J connectivity index is 2.26. The lowest BCUT2D eigenvalue weighted by atomic mass is 10.0. The van der Waals surface area contributed by atoms with Gasteiger partial charge in [-0.1, -0.05) is 20.8 Å². The first kappa shape index (κ1) is 14.5. The molecule has 0 aromatic heterocycles. The first-order valence-electron chi connectivity index (χ1n) is 6.77. The van der Waals surface area contributed by atoms with Crippen LogP contribution in [0.3, 0.4) is 0 Å². The molecule has 2 rings (SSSR count). The zero-order valence-electron chi connectivity index (χ0n) is 11.9. The van der Waals surface area contributed by atoms with Gasteiger partial charge in [0.2, 0.25) is 5.91 Å². The number of hydrogen-bond donors (Lipinski definition) is 2. The van der Waals surface area contributed by atoms with Crippen LogP contribution >= 0.6 is 0 Å². The minimum Gasteiger partial charge on any atom is -0.507 e. The monoisotopic (exact) mass is 278 g/mol. The number of nitrogens with zero attached hydrogens (tertiary/aromatic N) is 1. The van der Waals surface area contributed by atoms with E-state index in [1.807, 2.05) is 20.8 Å². The number of benzene rings is 1. The molecule has 0 radical (unpaired) electrons. The normalized spacial score (nSPS) is 19.4. The Kier molecular flexibility index (Phi) is 4.06. The van der Waals surface area contributed by atoms with E-state index in [1.165, 1.54) is 12.1 Å². The van der Waals surface area contributed by atoms with Gasteiger partial charge in [-0.05, 0) is 30.4 Å². The van der Waals surface area contributed by atoms with Gasteiger partial charge < -0.3 is 5.11 Å². The lowest BCUT2D eigenvalue weighted by Crippen LogP contribution is -2.20. The van der Waals surface area contributed by atoms with Crippen molar-refractivity contribution in [3.05, 3.63) is 29.1 Å². The van der Waals surface area contributed by atoms with Crippen LogP contribution in [0.5, 0.6) is 5.75 Å². The fourth-order valence-electron chi connectivity index (χ4n) is 2.51. The Bertz CT molecular complexity index is 567. The fraction of sp³-hybridized carbons (Fsp3) is 0.467. The smallest absolute Gasteiger partial charge is 0.240 e. The van der Waals surface area contributed by atoms with Crippen LogP contribution in [0, 0.1) is 11.7 Å². The highest BCUT2D eigenvalue weighted by atomic mass is 19.1. The van der Waals surface area contributed by atoms with Gasteiger partial charge in [0.1, 0.15) is 11.6 Å². The van der Waals surface area contributed by atoms with Crippen LogP contribution in [-0.2, 0) is 4.79 Å². The summed E-state index contributed by atoms with van der Waals surface area (Å²) < 4.78 is 13.8. The first-order valence-corrected chi connectivity index (χ1v) is 6.77. The van der Waals surface area contributed by atoms with Gasteiger partial charge in [-0.3, -0.25) is 4.79 Å². The number of phenols is 1. The maximum absolute atomic E-state index is 13.8. The standard InChI is InChI=1S/C15H19FN2O2/c1-8(2)6-13(20)18-17-11-7-9(3)14-10(16)4-5-12(19)15(11)14/h4-5,8-9,19H,6-7H2,1-3H3,(H,18,20)/b17-11+/t9-/m0/s1. The average molecular weight is 278 g/mol. The summed E-state index contributed by atoms with van der Waals surface area (Å²) in [7, 11) is 0. The van der Waals surface area contributed by atoms with Gasteiger partial charge in [-0.25, -0.2) is 9.82 Å². The van der Waals surface area contributed by atoms with Crippen LogP contribution in [0.1, 0.15) is 50.7 Å². The molecule has 20 heavy (non-hydrogen) atoms. The third kappa shape index (κ3) is 2.81. The Morgan fingerprint density at radius 2 is 2.25 bits per heavy atom. The van der Waals surface area contributed by atoms with Crippen molar-refractivity contribution >= 4 is 11.6 Å². The number of carbonyl (C=O) groups is 1. The minimum absolute atomic E-state index is 0.00242. The van der Waals surface area contributed by atoms with E-state index in [1.54, 1.807) is 0 Å². The summed E-state index contributed by atoms with van der Waals surface area (Å²) in [5, 5.41) is 14.0. The van der Waals surface area contributed by atoms with E-state index < -0.39 is 0 Å². The van der Waals surface area contributed by atoms with Gasteiger partial charge >= 0.3 is 0 Å². The van der Waals surface area contributed by atoms with E-state index in [2.05, 4.69) is 10.5 Å². The number of carbonyl (C=O) groups excluding carboxylic acids is 1. The molecule has 0 heterocycles. The number of halogens is 1. The predicted molar refractivity (Wildman–Crippen MR) is 75.2 cm³/mol. The van der Waals surface area contributed by atoms with Crippen molar-refractivity contribution in [2.45, 2.75) is 39.5 Å². The van der Waals surface area contributed by atoms with Gasteiger partial charge in [-0.15, -0.1) is 0 Å². The molecule has 1 aromatic rings. The fourth-order valence-corrected chi connectivity index (χ4v) is 2.51. The highest BCUT2D eigenvalue weighted by molar-refractivity contribution is 6.07. The van der Waals surface area contributed by atoms with E-state index in [0.717, 1.165) is 0 Å². The summed E-state index contributed by atoms with van der Waals surface area (Å²) in [6, 6.07) is 2.57. The molecule has 1 atom stereocenters. The van der Waals surface area contributed by atoms with Gasteiger partial charge in [0, 0.05) is 17.5 Å². The lowest BCUT2D eigenvalue weighted by molar-refractivity contribution is -0.121. The zero-order valence-corrected chi connectivity index (χ0v) is 11.9. The second-order valence-corrected chi connectivity index (χ2v) is 5.65. The molecule has 5 heteroatoms. The SMILES string of the molecule is CC(C)CC(=O)N/N=C1\C[C@H](C)c2c(F)ccc(O)c21. The quantitative estimate of drug-likeness (QED) is 0.835. The number of hydrogen-bond acceptors (Lipinski definition) is 3. The summed E-state index contributed by atoms with van der Waals surface area (Å²) in [5.41, 5.74) is 3.90. The zero-order chi connectivity index (χ0) is 14.9. The summed E-state index contributed by atoms with van der Waals surface area (Å²) in [6.07, 6.45) is 0.889. The Morgan fingerprint density at radius 3 is 2.90 bits per heavy atom. The molecule has 0 saturated heterocycles. The van der Waals surface area contributed by atoms with E-state index in [4.69, 9.17) is 0 Å². The molecule has 0 spiro atoms.